The van der Waals surface area contributed by atoms with Crippen molar-refractivity contribution in [2.45, 2.75) is 0 Å². The van der Waals surface area contributed by atoms with Crippen LogP contribution in [0.1, 0.15) is 5.56 Å². The molecule has 5 nitrogen and oxygen atoms in total. The molecule has 6 heteroatoms. The number of hydrogen-bond donors (Lipinski definition) is 1. The van der Waals surface area contributed by atoms with E-state index >= 15 is 0 Å². The maximum atomic E-state index is 5.78. The van der Waals surface area contributed by atoms with Crippen LogP contribution in [0.5, 0.6) is 11.5 Å². The van der Waals surface area contributed by atoms with Crippen LogP contribution < -0.4 is 14.9 Å². The fraction of sp³-hybridized carbons (Fsp3) is 0.143. The maximum Gasteiger partial charge on any atom is 0.161 e. The molecule has 0 amide bonds. The summed E-state index contributed by atoms with van der Waals surface area (Å²) in [5.41, 5.74) is 3.67. The quantitative estimate of drug-likeness (QED) is 0.522. The lowest BCUT2D eigenvalue weighted by molar-refractivity contribution is 0.355. The Balaban J connectivity index is 2.08. The van der Waals surface area contributed by atoms with E-state index in [4.69, 9.17) is 21.1 Å². The Bertz CT molecular complexity index is 617. The fourth-order valence-corrected chi connectivity index (χ4v) is 1.74. The molecule has 0 aliphatic rings. The monoisotopic (exact) mass is 291 g/mol. The van der Waals surface area contributed by atoms with Crippen LogP contribution in [0.25, 0.3) is 0 Å². The molecule has 2 aromatic rings. The Kier molecular flexibility index (Phi) is 4.79. The summed E-state index contributed by atoms with van der Waals surface area (Å²) in [7, 11) is 3.19. The third kappa shape index (κ3) is 3.61. The van der Waals surface area contributed by atoms with Crippen LogP contribution in [0.2, 0.25) is 5.15 Å². The molecule has 0 spiro atoms. The van der Waals surface area contributed by atoms with Gasteiger partial charge in [-0.25, -0.2) is 4.98 Å². The predicted molar refractivity (Wildman–Crippen MR) is 80.0 cm³/mol. The molecule has 0 atom stereocenters. The summed E-state index contributed by atoms with van der Waals surface area (Å²) in [5.74, 6) is 1.90. The number of methoxy groups -OCH3 is 2. The van der Waals surface area contributed by atoms with Gasteiger partial charge in [0.05, 0.1) is 20.4 Å². The summed E-state index contributed by atoms with van der Waals surface area (Å²) in [5, 5.41) is 4.50. The minimum atomic E-state index is 0.413. The van der Waals surface area contributed by atoms with Crippen LogP contribution in [0.15, 0.2) is 41.5 Å². The first kappa shape index (κ1) is 14.1. The smallest absolute Gasteiger partial charge is 0.161 e. The van der Waals surface area contributed by atoms with Gasteiger partial charge in [-0.1, -0.05) is 17.7 Å². The molecule has 0 aliphatic carbocycles. The highest BCUT2D eigenvalue weighted by Crippen LogP contribution is 2.26. The van der Waals surface area contributed by atoms with E-state index in [1.165, 1.54) is 0 Å². The number of aromatic nitrogens is 1. The summed E-state index contributed by atoms with van der Waals surface area (Å²) in [6, 6.07) is 10.8. The molecule has 1 heterocycles. The van der Waals surface area contributed by atoms with E-state index in [-0.39, 0.29) is 0 Å². The van der Waals surface area contributed by atoms with Crippen LogP contribution >= 0.6 is 11.6 Å². The molecule has 0 aliphatic heterocycles. The molecule has 0 saturated carbocycles. The van der Waals surface area contributed by atoms with Gasteiger partial charge in [-0.2, -0.15) is 5.10 Å². The summed E-state index contributed by atoms with van der Waals surface area (Å²) in [6.07, 6.45) is 1.66. The van der Waals surface area contributed by atoms with Crippen molar-refractivity contribution in [3.63, 3.8) is 0 Å². The second-order valence-corrected chi connectivity index (χ2v) is 4.22. The maximum absolute atomic E-state index is 5.78. The van der Waals surface area contributed by atoms with Gasteiger partial charge in [0.2, 0.25) is 0 Å². The molecule has 1 N–H and O–H groups in total. The van der Waals surface area contributed by atoms with E-state index in [1.54, 1.807) is 38.6 Å². The first-order chi connectivity index (χ1) is 9.72. The fourth-order valence-electron chi connectivity index (χ4n) is 1.58. The molecule has 2 rings (SSSR count). The van der Waals surface area contributed by atoms with Gasteiger partial charge in [-0.15, -0.1) is 0 Å². The number of rotatable bonds is 5. The number of anilines is 1. The van der Waals surface area contributed by atoms with Crippen molar-refractivity contribution in [3.8, 4) is 11.5 Å². The molecular formula is C14H14ClN3O2. The van der Waals surface area contributed by atoms with Crippen molar-refractivity contribution in [1.29, 1.82) is 0 Å². The van der Waals surface area contributed by atoms with Crippen molar-refractivity contribution in [1.82, 2.24) is 4.98 Å². The van der Waals surface area contributed by atoms with Crippen LogP contribution in [-0.2, 0) is 0 Å². The highest BCUT2D eigenvalue weighted by atomic mass is 35.5. The van der Waals surface area contributed by atoms with E-state index in [0.717, 1.165) is 5.56 Å². The number of halogens is 1. The number of benzene rings is 1. The lowest BCUT2D eigenvalue weighted by Gasteiger charge is -2.07. The number of nitrogens with one attached hydrogen (secondary N) is 1. The highest BCUT2D eigenvalue weighted by Gasteiger charge is 2.02. The van der Waals surface area contributed by atoms with Crippen molar-refractivity contribution in [3.05, 3.63) is 47.1 Å². The third-order valence-corrected chi connectivity index (χ3v) is 2.73. The van der Waals surface area contributed by atoms with Crippen molar-refractivity contribution >= 4 is 23.6 Å². The zero-order chi connectivity index (χ0) is 14.4. The molecule has 104 valence electrons. The molecule has 0 bridgehead atoms. The second kappa shape index (κ2) is 6.77. The van der Waals surface area contributed by atoms with E-state index < -0.39 is 0 Å². The summed E-state index contributed by atoms with van der Waals surface area (Å²) >= 11 is 5.78. The summed E-state index contributed by atoms with van der Waals surface area (Å²) in [4.78, 5) is 4.06. The van der Waals surface area contributed by atoms with Gasteiger partial charge >= 0.3 is 0 Å². The second-order valence-electron chi connectivity index (χ2n) is 3.83. The van der Waals surface area contributed by atoms with Crippen molar-refractivity contribution < 1.29 is 9.47 Å². The Morgan fingerprint density at radius 2 is 1.95 bits per heavy atom. The molecule has 1 aromatic heterocycles. The van der Waals surface area contributed by atoms with Gasteiger partial charge in [-0.05, 0) is 35.9 Å². The van der Waals surface area contributed by atoms with Gasteiger partial charge in [0, 0.05) is 0 Å². The van der Waals surface area contributed by atoms with Gasteiger partial charge in [0.25, 0.3) is 0 Å². The number of ether oxygens (including phenoxy) is 2. The minimum Gasteiger partial charge on any atom is -0.493 e. The van der Waals surface area contributed by atoms with Gasteiger partial charge in [0.1, 0.15) is 11.0 Å². The molecule has 0 saturated heterocycles. The SMILES string of the molecule is COc1ccc(C=NNc2cccc(Cl)n2)cc1OC. The first-order valence-electron chi connectivity index (χ1n) is 5.86. The van der Waals surface area contributed by atoms with E-state index in [9.17, 15) is 0 Å². The average molecular weight is 292 g/mol. The topological polar surface area (TPSA) is 55.7 Å². The van der Waals surface area contributed by atoms with Crippen LogP contribution in [0.4, 0.5) is 5.82 Å². The number of hydrogen-bond acceptors (Lipinski definition) is 5. The van der Waals surface area contributed by atoms with Gasteiger partial charge < -0.3 is 9.47 Å². The van der Waals surface area contributed by atoms with Crippen molar-refractivity contribution in [2.75, 3.05) is 19.6 Å². The molecule has 1 aromatic carbocycles. The standard InChI is InChI=1S/C14H14ClN3O2/c1-19-11-7-6-10(8-12(11)20-2)9-16-18-14-5-3-4-13(15)17-14/h3-9H,1-2H3,(H,17,18). The zero-order valence-corrected chi connectivity index (χ0v) is 11.9. The van der Waals surface area contributed by atoms with E-state index in [0.29, 0.717) is 22.5 Å². The zero-order valence-electron chi connectivity index (χ0n) is 11.1. The van der Waals surface area contributed by atoms with Crippen LogP contribution in [0.3, 0.4) is 0 Å². The average Bonchev–Trinajstić information content (AvgIpc) is 2.47. The largest absolute Gasteiger partial charge is 0.493 e. The van der Waals surface area contributed by atoms with E-state index in [1.807, 2.05) is 18.2 Å². The van der Waals surface area contributed by atoms with Gasteiger partial charge in [-0.3, -0.25) is 5.43 Å². The Morgan fingerprint density at radius 3 is 2.65 bits per heavy atom. The van der Waals surface area contributed by atoms with E-state index in [2.05, 4.69) is 15.5 Å². The highest BCUT2D eigenvalue weighted by molar-refractivity contribution is 6.29. The number of nitrogens with zero attached hydrogens (tertiary/aromatic N) is 2. The third-order valence-electron chi connectivity index (χ3n) is 2.52. The van der Waals surface area contributed by atoms with Crippen LogP contribution in [0, 0.1) is 0 Å². The molecular weight excluding hydrogens is 278 g/mol. The van der Waals surface area contributed by atoms with Crippen molar-refractivity contribution in [2.24, 2.45) is 5.10 Å². The Labute approximate surface area is 122 Å². The van der Waals surface area contributed by atoms with Gasteiger partial charge in [0.15, 0.2) is 11.5 Å². The normalized spacial score (nSPS) is 10.6. The predicted octanol–water partition coefficient (Wildman–Crippen LogP) is 3.20. The summed E-state index contributed by atoms with van der Waals surface area (Å²) in [6.45, 7) is 0. The molecule has 20 heavy (non-hydrogen) atoms. The Hall–Kier alpha value is -2.27. The Morgan fingerprint density at radius 1 is 1.15 bits per heavy atom. The number of hydrazone groups is 1. The summed E-state index contributed by atoms with van der Waals surface area (Å²) < 4.78 is 10.4. The minimum absolute atomic E-state index is 0.413. The molecule has 0 unspecified atom stereocenters. The lowest BCUT2D eigenvalue weighted by Crippen LogP contribution is -1.95. The molecule has 0 radical (unpaired) electrons. The van der Waals surface area contributed by atoms with Crippen LogP contribution in [-0.4, -0.2) is 25.4 Å². The molecule has 0 fully saturated rings. The number of pyridine rings is 1. The lowest BCUT2D eigenvalue weighted by atomic mass is 10.2. The first-order valence-corrected chi connectivity index (χ1v) is 6.24.